The van der Waals surface area contributed by atoms with Crippen molar-refractivity contribution in [3.63, 3.8) is 0 Å². The van der Waals surface area contributed by atoms with Crippen molar-refractivity contribution < 1.29 is 14.3 Å². The number of likely N-dealkylation sites (N-methyl/N-ethyl adjacent to an activating group) is 1. The number of esters is 1. The standard InChI is InChI=1S/C16H23NO2.C5H9NO/c1-4-12-5-7-13(8-6-12)14-9-15(16(18)19-3)11-17(2)10-14;7-5-6-3-1-2-4-6/h5-8,14-15H,4,9-11H2,1-3H3;5H,1-4H2. The number of ether oxygens (including phenoxy) is 1. The van der Waals surface area contributed by atoms with Gasteiger partial charge in [0, 0.05) is 26.2 Å². The average Bonchev–Trinajstić information content (AvgIpc) is 3.21. The van der Waals surface area contributed by atoms with E-state index in [0.29, 0.717) is 5.92 Å². The maximum absolute atomic E-state index is 11.7. The van der Waals surface area contributed by atoms with Crippen molar-refractivity contribution in [3.8, 4) is 0 Å². The van der Waals surface area contributed by atoms with Crippen LogP contribution in [0.4, 0.5) is 0 Å². The summed E-state index contributed by atoms with van der Waals surface area (Å²) >= 11 is 0. The third-order valence-corrected chi connectivity index (χ3v) is 5.32. The zero-order chi connectivity index (χ0) is 18.9. The molecule has 0 aliphatic carbocycles. The van der Waals surface area contributed by atoms with Gasteiger partial charge in [0.1, 0.15) is 0 Å². The van der Waals surface area contributed by atoms with Gasteiger partial charge in [0.05, 0.1) is 13.0 Å². The van der Waals surface area contributed by atoms with Crippen LogP contribution in [0, 0.1) is 5.92 Å². The van der Waals surface area contributed by atoms with E-state index in [1.54, 1.807) is 4.90 Å². The van der Waals surface area contributed by atoms with Crippen LogP contribution >= 0.6 is 0 Å². The number of rotatable bonds is 4. The fourth-order valence-electron chi connectivity index (χ4n) is 3.77. The number of amides is 1. The minimum atomic E-state index is -0.0817. The molecule has 2 aliphatic heterocycles. The molecule has 5 nitrogen and oxygen atoms in total. The molecule has 26 heavy (non-hydrogen) atoms. The number of hydrogen-bond donors (Lipinski definition) is 0. The fraction of sp³-hybridized carbons (Fsp3) is 0.619. The van der Waals surface area contributed by atoms with Crippen LogP contribution in [-0.2, 0) is 20.7 Å². The monoisotopic (exact) mass is 360 g/mol. The highest BCUT2D eigenvalue weighted by molar-refractivity contribution is 5.72. The number of likely N-dealkylation sites (tertiary alicyclic amines) is 2. The molecule has 0 spiro atoms. The first-order valence-corrected chi connectivity index (χ1v) is 9.61. The van der Waals surface area contributed by atoms with Crippen LogP contribution in [0.5, 0.6) is 0 Å². The Labute approximate surface area is 157 Å². The summed E-state index contributed by atoms with van der Waals surface area (Å²) in [5.74, 6) is 0.343. The van der Waals surface area contributed by atoms with E-state index in [9.17, 15) is 9.59 Å². The van der Waals surface area contributed by atoms with Gasteiger partial charge in [-0.1, -0.05) is 31.2 Å². The van der Waals surface area contributed by atoms with E-state index >= 15 is 0 Å². The molecule has 0 N–H and O–H groups in total. The van der Waals surface area contributed by atoms with E-state index in [-0.39, 0.29) is 11.9 Å². The number of methoxy groups -OCH3 is 1. The van der Waals surface area contributed by atoms with Gasteiger partial charge in [-0.15, -0.1) is 0 Å². The summed E-state index contributed by atoms with van der Waals surface area (Å²) in [4.78, 5) is 25.7. The molecule has 0 aromatic heterocycles. The highest BCUT2D eigenvalue weighted by Crippen LogP contribution is 2.30. The smallest absolute Gasteiger partial charge is 0.309 e. The molecule has 1 aromatic carbocycles. The maximum atomic E-state index is 11.7. The van der Waals surface area contributed by atoms with E-state index < -0.39 is 0 Å². The summed E-state index contributed by atoms with van der Waals surface area (Å²) in [6.45, 7) is 5.93. The van der Waals surface area contributed by atoms with Gasteiger partial charge in [-0.25, -0.2) is 0 Å². The van der Waals surface area contributed by atoms with Crippen molar-refractivity contribution >= 4 is 12.4 Å². The molecule has 0 bridgehead atoms. The lowest BCUT2D eigenvalue weighted by molar-refractivity contribution is -0.147. The molecule has 2 atom stereocenters. The Kier molecular flexibility index (Phi) is 8.10. The minimum Gasteiger partial charge on any atom is -0.469 e. The summed E-state index contributed by atoms with van der Waals surface area (Å²) < 4.78 is 4.89. The number of carbonyl (C=O) groups is 2. The number of hydrogen-bond acceptors (Lipinski definition) is 4. The van der Waals surface area contributed by atoms with Crippen LogP contribution in [-0.4, -0.2) is 62.5 Å². The molecule has 2 aliphatic rings. The SMILES string of the molecule is CCc1ccc(C2CC(C(=O)OC)CN(C)C2)cc1.O=CN1CCCC1. The highest BCUT2D eigenvalue weighted by atomic mass is 16.5. The van der Waals surface area contributed by atoms with Gasteiger partial charge in [-0.05, 0) is 49.8 Å². The normalized spacial score (nSPS) is 23.1. The van der Waals surface area contributed by atoms with Crippen LogP contribution in [0.15, 0.2) is 24.3 Å². The van der Waals surface area contributed by atoms with Crippen molar-refractivity contribution in [2.75, 3.05) is 40.3 Å². The largest absolute Gasteiger partial charge is 0.469 e. The molecule has 2 unspecified atom stereocenters. The van der Waals surface area contributed by atoms with Crippen LogP contribution in [0.3, 0.4) is 0 Å². The second-order valence-electron chi connectivity index (χ2n) is 7.32. The summed E-state index contributed by atoms with van der Waals surface area (Å²) in [6.07, 6.45) is 5.27. The Morgan fingerprint density at radius 2 is 1.85 bits per heavy atom. The summed E-state index contributed by atoms with van der Waals surface area (Å²) in [7, 11) is 3.55. The third kappa shape index (κ3) is 5.84. The van der Waals surface area contributed by atoms with Gasteiger partial charge >= 0.3 is 5.97 Å². The Hall–Kier alpha value is -1.88. The molecule has 2 heterocycles. The van der Waals surface area contributed by atoms with E-state index in [0.717, 1.165) is 45.4 Å². The van der Waals surface area contributed by atoms with Gasteiger partial charge in [0.25, 0.3) is 0 Å². The Balaban J connectivity index is 0.000000290. The lowest BCUT2D eigenvalue weighted by Gasteiger charge is -2.34. The first-order chi connectivity index (χ1) is 12.6. The molecule has 0 radical (unpaired) electrons. The highest BCUT2D eigenvalue weighted by Gasteiger charge is 2.31. The van der Waals surface area contributed by atoms with Crippen molar-refractivity contribution in [1.29, 1.82) is 0 Å². The van der Waals surface area contributed by atoms with E-state index in [4.69, 9.17) is 4.74 Å². The molecular formula is C21H32N2O3. The van der Waals surface area contributed by atoms with Crippen LogP contribution in [0.2, 0.25) is 0 Å². The second-order valence-corrected chi connectivity index (χ2v) is 7.32. The molecule has 144 valence electrons. The molecular weight excluding hydrogens is 328 g/mol. The Morgan fingerprint density at radius 1 is 1.19 bits per heavy atom. The van der Waals surface area contributed by atoms with Crippen LogP contribution < -0.4 is 0 Å². The van der Waals surface area contributed by atoms with Crippen LogP contribution in [0.25, 0.3) is 0 Å². The minimum absolute atomic E-state index is 0.000369. The number of aryl methyl sites for hydroxylation is 1. The van der Waals surface area contributed by atoms with Crippen molar-refractivity contribution in [2.24, 2.45) is 5.92 Å². The number of nitrogens with zero attached hydrogens (tertiary/aromatic N) is 2. The fourth-order valence-corrected chi connectivity index (χ4v) is 3.77. The number of carbonyl (C=O) groups excluding carboxylic acids is 2. The molecule has 0 saturated carbocycles. The maximum Gasteiger partial charge on any atom is 0.309 e. The van der Waals surface area contributed by atoms with Gasteiger partial charge in [0.15, 0.2) is 0 Å². The molecule has 1 aromatic rings. The van der Waals surface area contributed by atoms with E-state index in [1.807, 2.05) is 0 Å². The third-order valence-electron chi connectivity index (χ3n) is 5.32. The van der Waals surface area contributed by atoms with E-state index in [1.165, 1.54) is 31.1 Å². The van der Waals surface area contributed by atoms with Crippen LogP contribution in [0.1, 0.15) is 43.2 Å². The first-order valence-electron chi connectivity index (χ1n) is 9.61. The first kappa shape index (κ1) is 20.4. The zero-order valence-electron chi connectivity index (χ0n) is 16.3. The quantitative estimate of drug-likeness (QED) is 0.612. The molecule has 3 rings (SSSR count). The van der Waals surface area contributed by atoms with Crippen molar-refractivity contribution in [2.45, 2.75) is 38.5 Å². The molecule has 2 saturated heterocycles. The van der Waals surface area contributed by atoms with Gasteiger partial charge in [-0.3, -0.25) is 9.59 Å². The molecule has 2 fully saturated rings. The van der Waals surface area contributed by atoms with E-state index in [2.05, 4.69) is 43.1 Å². The summed E-state index contributed by atoms with van der Waals surface area (Å²) in [5, 5.41) is 0. The lowest BCUT2D eigenvalue weighted by Crippen LogP contribution is -2.40. The van der Waals surface area contributed by atoms with Crippen molar-refractivity contribution in [3.05, 3.63) is 35.4 Å². The topological polar surface area (TPSA) is 49.9 Å². The Bertz CT molecular complexity index is 567. The average molecular weight is 360 g/mol. The van der Waals surface area contributed by atoms with Gasteiger partial charge in [-0.2, -0.15) is 0 Å². The molecule has 1 amide bonds. The predicted molar refractivity (Wildman–Crippen MR) is 103 cm³/mol. The van der Waals surface area contributed by atoms with Crippen molar-refractivity contribution in [1.82, 2.24) is 9.80 Å². The van der Waals surface area contributed by atoms with Gasteiger partial charge < -0.3 is 14.5 Å². The summed E-state index contributed by atoms with van der Waals surface area (Å²) in [6, 6.07) is 8.79. The number of piperidine rings is 1. The lowest BCUT2D eigenvalue weighted by atomic mass is 9.84. The predicted octanol–water partition coefficient (Wildman–Crippen LogP) is 2.70. The second kappa shape index (κ2) is 10.3. The summed E-state index contributed by atoms with van der Waals surface area (Å²) in [5.41, 5.74) is 2.69. The Morgan fingerprint density at radius 3 is 2.35 bits per heavy atom. The zero-order valence-corrected chi connectivity index (χ0v) is 16.3. The van der Waals surface area contributed by atoms with Gasteiger partial charge in [0.2, 0.25) is 6.41 Å². The molecule has 5 heteroatoms. The number of benzene rings is 1.